The number of likely N-dealkylation sites (N-methyl/N-ethyl adjacent to an activating group) is 1. The molecule has 3 rings (SSSR count). The molecular weight excluding hydrogens is 357 g/mol. The summed E-state index contributed by atoms with van der Waals surface area (Å²) in [5, 5.41) is 12.3. The fraction of sp³-hybridized carbons (Fsp3) is 0.304. The van der Waals surface area contributed by atoms with Crippen molar-refractivity contribution in [1.29, 1.82) is 0 Å². The van der Waals surface area contributed by atoms with Crippen LogP contribution in [0.25, 0.3) is 21.2 Å². The Kier molecular flexibility index (Phi) is 7.00. The third kappa shape index (κ3) is 5.17. The monoisotopic (exact) mass is 381 g/mol. The van der Waals surface area contributed by atoms with Gasteiger partial charge in [0.2, 0.25) is 0 Å². The first-order valence-corrected chi connectivity index (χ1v) is 10.2. The molecule has 0 unspecified atom stereocenters. The molecule has 0 amide bonds. The van der Waals surface area contributed by atoms with Crippen LogP contribution in [-0.2, 0) is 0 Å². The molecule has 0 radical (unpaired) electrons. The minimum absolute atomic E-state index is 0.209. The smallest absolute Gasteiger partial charge is 0.123 e. The van der Waals surface area contributed by atoms with Crippen molar-refractivity contribution in [1.82, 2.24) is 4.90 Å². The van der Waals surface area contributed by atoms with Crippen molar-refractivity contribution in [3.63, 3.8) is 0 Å². The van der Waals surface area contributed by atoms with Crippen LogP contribution < -0.4 is 0 Å². The highest BCUT2D eigenvalue weighted by Gasteiger charge is 2.07. The van der Waals surface area contributed by atoms with E-state index in [1.165, 1.54) is 22.2 Å². The van der Waals surface area contributed by atoms with Crippen LogP contribution in [0.15, 0.2) is 47.8 Å². The number of benzene rings is 2. The maximum Gasteiger partial charge on any atom is 0.123 e. The maximum absolute atomic E-state index is 13.1. The van der Waals surface area contributed by atoms with Gasteiger partial charge in [-0.2, -0.15) is 0 Å². The van der Waals surface area contributed by atoms with Gasteiger partial charge in [-0.1, -0.05) is 37.0 Å². The van der Waals surface area contributed by atoms with Crippen molar-refractivity contribution in [3.8, 4) is 23.0 Å². The van der Waals surface area contributed by atoms with Crippen molar-refractivity contribution in [2.24, 2.45) is 0 Å². The van der Waals surface area contributed by atoms with E-state index in [1.54, 1.807) is 11.3 Å². The Hall–Kier alpha value is -2.19. The number of thiophene rings is 1. The number of aliphatic hydroxyl groups is 1. The van der Waals surface area contributed by atoms with Gasteiger partial charge in [0.25, 0.3) is 0 Å². The van der Waals surface area contributed by atoms with Crippen molar-refractivity contribution in [2.45, 2.75) is 19.8 Å². The van der Waals surface area contributed by atoms with Crippen molar-refractivity contribution in [2.75, 3.05) is 26.2 Å². The molecule has 0 fully saturated rings. The topological polar surface area (TPSA) is 23.5 Å². The Morgan fingerprint density at radius 2 is 1.93 bits per heavy atom. The quantitative estimate of drug-likeness (QED) is 0.452. The van der Waals surface area contributed by atoms with Crippen LogP contribution in [0.5, 0.6) is 0 Å². The van der Waals surface area contributed by atoms with Gasteiger partial charge in [0.05, 0.1) is 6.61 Å². The number of halogens is 1. The predicted molar refractivity (Wildman–Crippen MR) is 113 cm³/mol. The molecule has 27 heavy (non-hydrogen) atoms. The van der Waals surface area contributed by atoms with Gasteiger partial charge >= 0.3 is 0 Å². The first-order chi connectivity index (χ1) is 13.2. The zero-order valence-corrected chi connectivity index (χ0v) is 16.4. The molecule has 0 bridgehead atoms. The van der Waals surface area contributed by atoms with Crippen LogP contribution >= 0.6 is 11.3 Å². The molecule has 0 saturated heterocycles. The Bertz CT molecular complexity index is 936. The molecule has 1 heterocycles. The average Bonchev–Trinajstić information content (AvgIpc) is 3.10. The Morgan fingerprint density at radius 1 is 1.11 bits per heavy atom. The minimum Gasteiger partial charge on any atom is -0.395 e. The van der Waals surface area contributed by atoms with Gasteiger partial charge in [-0.3, -0.25) is 0 Å². The Labute approximate surface area is 164 Å². The molecule has 0 saturated carbocycles. The van der Waals surface area contributed by atoms with Crippen LogP contribution in [-0.4, -0.2) is 36.2 Å². The second-order valence-electron chi connectivity index (χ2n) is 6.43. The standard InChI is InChI=1S/C23H24FNOS/c1-2-25(14-15-26)13-5-3-4-6-18-7-12-21-22(17-27-23(21)16-18)19-8-10-20(24)11-9-19/h7-12,16-17,26H,2-3,5,13-15H2,1H3. The fourth-order valence-electron chi connectivity index (χ4n) is 3.08. The first kappa shape index (κ1) is 19.6. The highest BCUT2D eigenvalue weighted by Crippen LogP contribution is 2.34. The first-order valence-electron chi connectivity index (χ1n) is 9.30. The van der Waals surface area contributed by atoms with Gasteiger partial charge in [-0.05, 0) is 54.7 Å². The van der Waals surface area contributed by atoms with Crippen molar-refractivity contribution < 1.29 is 9.50 Å². The van der Waals surface area contributed by atoms with Gasteiger partial charge in [0.15, 0.2) is 0 Å². The predicted octanol–water partition coefficient (Wildman–Crippen LogP) is 5.15. The normalized spacial score (nSPS) is 11.0. The second kappa shape index (κ2) is 9.66. The molecule has 1 aromatic heterocycles. The molecule has 2 nitrogen and oxygen atoms in total. The van der Waals surface area contributed by atoms with E-state index >= 15 is 0 Å². The lowest BCUT2D eigenvalue weighted by molar-refractivity contribution is 0.201. The lowest BCUT2D eigenvalue weighted by Gasteiger charge is -2.17. The third-order valence-electron chi connectivity index (χ3n) is 4.60. The summed E-state index contributed by atoms with van der Waals surface area (Å²) in [6.45, 7) is 4.98. The van der Waals surface area contributed by atoms with Crippen LogP contribution in [0.1, 0.15) is 25.3 Å². The fourth-order valence-corrected chi connectivity index (χ4v) is 4.09. The number of aliphatic hydroxyl groups excluding tert-OH is 1. The van der Waals surface area contributed by atoms with E-state index < -0.39 is 0 Å². The van der Waals surface area contributed by atoms with E-state index in [-0.39, 0.29) is 12.4 Å². The van der Waals surface area contributed by atoms with Crippen LogP contribution in [0.3, 0.4) is 0 Å². The lowest BCUT2D eigenvalue weighted by atomic mass is 10.0. The van der Waals surface area contributed by atoms with E-state index in [9.17, 15) is 4.39 Å². The van der Waals surface area contributed by atoms with Gasteiger partial charge in [0.1, 0.15) is 5.82 Å². The molecule has 140 valence electrons. The summed E-state index contributed by atoms with van der Waals surface area (Å²) < 4.78 is 14.3. The highest BCUT2D eigenvalue weighted by atomic mass is 32.1. The third-order valence-corrected chi connectivity index (χ3v) is 5.55. The number of rotatable bonds is 7. The van der Waals surface area contributed by atoms with E-state index in [0.29, 0.717) is 0 Å². The molecule has 0 aliphatic carbocycles. The van der Waals surface area contributed by atoms with E-state index in [2.05, 4.69) is 47.2 Å². The van der Waals surface area contributed by atoms with Crippen molar-refractivity contribution >= 4 is 21.4 Å². The van der Waals surface area contributed by atoms with E-state index in [1.807, 2.05) is 12.1 Å². The van der Waals surface area contributed by atoms with Crippen LogP contribution in [0, 0.1) is 17.7 Å². The minimum atomic E-state index is -0.214. The van der Waals surface area contributed by atoms with Gasteiger partial charge < -0.3 is 10.0 Å². The average molecular weight is 382 g/mol. The summed E-state index contributed by atoms with van der Waals surface area (Å²) in [6, 6.07) is 12.9. The van der Waals surface area contributed by atoms with Crippen LogP contribution in [0.4, 0.5) is 4.39 Å². The molecule has 4 heteroatoms. The van der Waals surface area contributed by atoms with Gasteiger partial charge in [-0.15, -0.1) is 11.3 Å². The SMILES string of the molecule is CCN(CCO)CCCC#Cc1ccc2c(-c3ccc(F)cc3)csc2c1. The molecule has 2 aromatic carbocycles. The number of unbranched alkanes of at least 4 members (excludes halogenated alkanes) is 1. The number of hydrogen-bond donors (Lipinski definition) is 1. The van der Waals surface area contributed by atoms with Crippen molar-refractivity contribution in [3.05, 3.63) is 59.2 Å². The van der Waals surface area contributed by atoms with E-state index in [0.717, 1.165) is 49.2 Å². The molecule has 0 atom stereocenters. The lowest BCUT2D eigenvalue weighted by Crippen LogP contribution is -2.27. The number of fused-ring (bicyclic) bond motifs is 1. The van der Waals surface area contributed by atoms with E-state index in [4.69, 9.17) is 5.11 Å². The Morgan fingerprint density at radius 3 is 2.67 bits per heavy atom. The van der Waals surface area contributed by atoms with Crippen LogP contribution in [0.2, 0.25) is 0 Å². The number of nitrogens with zero attached hydrogens (tertiary/aromatic N) is 1. The summed E-state index contributed by atoms with van der Waals surface area (Å²) in [6.07, 6.45) is 1.86. The summed E-state index contributed by atoms with van der Waals surface area (Å²) >= 11 is 1.69. The maximum atomic E-state index is 13.1. The molecule has 0 spiro atoms. The molecule has 1 N–H and O–H groups in total. The zero-order valence-electron chi connectivity index (χ0n) is 15.5. The molecule has 0 aliphatic rings. The zero-order chi connectivity index (χ0) is 19.1. The summed E-state index contributed by atoms with van der Waals surface area (Å²) in [4.78, 5) is 2.23. The largest absolute Gasteiger partial charge is 0.395 e. The summed E-state index contributed by atoms with van der Waals surface area (Å²) in [7, 11) is 0. The molecule has 0 aliphatic heterocycles. The summed E-state index contributed by atoms with van der Waals surface area (Å²) in [5.74, 6) is 6.30. The van der Waals surface area contributed by atoms with Gasteiger partial charge in [-0.25, -0.2) is 4.39 Å². The highest BCUT2D eigenvalue weighted by molar-refractivity contribution is 7.17. The molecule has 3 aromatic rings. The number of hydrogen-bond acceptors (Lipinski definition) is 3. The van der Waals surface area contributed by atoms with Gasteiger partial charge in [0, 0.05) is 34.2 Å². The summed E-state index contributed by atoms with van der Waals surface area (Å²) in [5.41, 5.74) is 3.20. The second-order valence-corrected chi connectivity index (χ2v) is 7.34. The molecular formula is C23H24FNOS. The Balaban J connectivity index is 1.65.